The zero-order chi connectivity index (χ0) is 9.97. The summed E-state index contributed by atoms with van der Waals surface area (Å²) in [5.74, 6) is 0.741. The van der Waals surface area contributed by atoms with Crippen LogP contribution in [0.4, 0.5) is 0 Å². The Morgan fingerprint density at radius 1 is 1.43 bits per heavy atom. The summed E-state index contributed by atoms with van der Waals surface area (Å²) in [5.41, 5.74) is 6.90. The molecule has 2 heterocycles. The number of aromatic nitrogens is 1. The maximum Gasteiger partial charge on any atom is 0.125 e. The van der Waals surface area contributed by atoms with Crippen LogP contribution in [0.5, 0.6) is 0 Å². The maximum atomic E-state index is 5.98. The summed E-state index contributed by atoms with van der Waals surface area (Å²) < 4.78 is 6.14. The van der Waals surface area contributed by atoms with Gasteiger partial charge in [-0.25, -0.2) is 0 Å². The molecule has 14 heavy (non-hydrogen) atoms. The van der Waals surface area contributed by atoms with Crippen molar-refractivity contribution in [2.24, 2.45) is 5.73 Å². The summed E-state index contributed by atoms with van der Waals surface area (Å²) in [6, 6.07) is 5.35. The molecule has 0 aliphatic carbocycles. The minimum atomic E-state index is -0.255. The van der Waals surface area contributed by atoms with E-state index in [1.165, 1.54) is 0 Å². The smallest absolute Gasteiger partial charge is 0.125 e. The molecule has 1 atom stereocenters. The van der Waals surface area contributed by atoms with Gasteiger partial charge in [-0.15, -0.1) is 0 Å². The van der Waals surface area contributed by atoms with Gasteiger partial charge in [0, 0.05) is 16.9 Å². The van der Waals surface area contributed by atoms with E-state index in [1.54, 1.807) is 18.7 Å². The quantitative estimate of drug-likeness (QED) is 0.894. The van der Waals surface area contributed by atoms with Crippen LogP contribution in [0, 0.1) is 0 Å². The molecule has 0 saturated heterocycles. The average molecular weight is 253 g/mol. The van der Waals surface area contributed by atoms with Gasteiger partial charge in [0.2, 0.25) is 0 Å². The maximum absolute atomic E-state index is 5.98. The summed E-state index contributed by atoms with van der Waals surface area (Å²) in [5, 5.41) is 0. The molecule has 72 valence electrons. The third-order valence-electron chi connectivity index (χ3n) is 1.93. The van der Waals surface area contributed by atoms with E-state index >= 15 is 0 Å². The van der Waals surface area contributed by atoms with Crippen LogP contribution >= 0.6 is 15.9 Å². The Bertz CT molecular complexity index is 414. The zero-order valence-electron chi connectivity index (χ0n) is 7.35. The van der Waals surface area contributed by atoms with Gasteiger partial charge in [0.25, 0.3) is 0 Å². The van der Waals surface area contributed by atoms with Crippen LogP contribution in [0.25, 0.3) is 0 Å². The number of pyridine rings is 1. The fourth-order valence-corrected chi connectivity index (χ4v) is 1.61. The number of nitrogens with two attached hydrogens (primary N) is 1. The van der Waals surface area contributed by atoms with Crippen molar-refractivity contribution < 1.29 is 4.42 Å². The van der Waals surface area contributed by atoms with E-state index < -0.39 is 0 Å². The number of halogens is 1. The average Bonchev–Trinajstić information content (AvgIpc) is 2.69. The third-order valence-corrected chi connectivity index (χ3v) is 2.37. The molecular weight excluding hydrogens is 244 g/mol. The van der Waals surface area contributed by atoms with Gasteiger partial charge in [-0.3, -0.25) is 4.98 Å². The van der Waals surface area contributed by atoms with Gasteiger partial charge in [0.15, 0.2) is 0 Å². The van der Waals surface area contributed by atoms with Crippen molar-refractivity contribution >= 4 is 15.9 Å². The minimum absolute atomic E-state index is 0.255. The highest BCUT2D eigenvalue weighted by Gasteiger charge is 2.11. The molecule has 2 aromatic rings. The molecule has 0 amide bonds. The first-order valence-corrected chi connectivity index (χ1v) is 4.96. The molecule has 0 bridgehead atoms. The SMILES string of the molecule is NC(c1cncc(Br)c1)c1ccco1. The molecular formula is C10H9BrN2O. The lowest BCUT2D eigenvalue weighted by Crippen LogP contribution is -2.11. The second-order valence-corrected chi connectivity index (χ2v) is 3.85. The van der Waals surface area contributed by atoms with Crippen molar-refractivity contribution in [2.75, 3.05) is 0 Å². The molecule has 2 aromatic heterocycles. The minimum Gasteiger partial charge on any atom is -0.467 e. The molecule has 4 heteroatoms. The normalized spacial score (nSPS) is 12.7. The predicted octanol–water partition coefficient (Wildman–Crippen LogP) is 2.49. The first-order valence-electron chi connectivity index (χ1n) is 4.17. The molecule has 3 nitrogen and oxygen atoms in total. The van der Waals surface area contributed by atoms with E-state index in [0.29, 0.717) is 0 Å². The van der Waals surface area contributed by atoms with E-state index in [-0.39, 0.29) is 6.04 Å². The standard InChI is InChI=1S/C10H9BrN2O/c11-8-4-7(5-13-6-8)10(12)9-2-1-3-14-9/h1-6,10H,12H2. The Balaban J connectivity index is 2.32. The van der Waals surface area contributed by atoms with E-state index in [1.807, 2.05) is 18.2 Å². The van der Waals surface area contributed by atoms with Gasteiger partial charge in [0.05, 0.1) is 12.3 Å². The predicted molar refractivity (Wildman–Crippen MR) is 56.7 cm³/mol. The molecule has 0 spiro atoms. The Kier molecular flexibility index (Phi) is 2.65. The lowest BCUT2D eigenvalue weighted by atomic mass is 10.1. The van der Waals surface area contributed by atoms with Gasteiger partial charge in [-0.1, -0.05) is 0 Å². The second kappa shape index (κ2) is 3.94. The van der Waals surface area contributed by atoms with Crippen molar-refractivity contribution in [1.82, 2.24) is 4.98 Å². The third kappa shape index (κ3) is 1.86. The fourth-order valence-electron chi connectivity index (χ4n) is 1.23. The molecule has 1 unspecified atom stereocenters. The molecule has 0 aromatic carbocycles. The Morgan fingerprint density at radius 2 is 2.29 bits per heavy atom. The van der Waals surface area contributed by atoms with Crippen molar-refractivity contribution in [3.05, 3.63) is 52.7 Å². The van der Waals surface area contributed by atoms with Crippen LogP contribution in [0.15, 0.2) is 45.7 Å². The Hall–Kier alpha value is -1.13. The van der Waals surface area contributed by atoms with Crippen LogP contribution in [-0.4, -0.2) is 4.98 Å². The Morgan fingerprint density at radius 3 is 2.93 bits per heavy atom. The van der Waals surface area contributed by atoms with Gasteiger partial charge < -0.3 is 10.2 Å². The lowest BCUT2D eigenvalue weighted by Gasteiger charge is -2.08. The van der Waals surface area contributed by atoms with Gasteiger partial charge >= 0.3 is 0 Å². The van der Waals surface area contributed by atoms with Gasteiger partial charge in [0.1, 0.15) is 5.76 Å². The van der Waals surface area contributed by atoms with E-state index in [9.17, 15) is 0 Å². The van der Waals surface area contributed by atoms with E-state index in [0.717, 1.165) is 15.8 Å². The van der Waals surface area contributed by atoms with Crippen molar-refractivity contribution in [3.8, 4) is 0 Å². The van der Waals surface area contributed by atoms with Gasteiger partial charge in [-0.2, -0.15) is 0 Å². The summed E-state index contributed by atoms with van der Waals surface area (Å²) in [4.78, 5) is 4.05. The molecule has 2 N–H and O–H groups in total. The fraction of sp³-hybridized carbons (Fsp3) is 0.100. The highest BCUT2D eigenvalue weighted by molar-refractivity contribution is 9.10. The molecule has 0 radical (unpaired) electrons. The topological polar surface area (TPSA) is 52.0 Å². The Labute approximate surface area is 90.1 Å². The molecule has 0 aliphatic heterocycles. The number of nitrogens with zero attached hydrogens (tertiary/aromatic N) is 1. The first-order chi connectivity index (χ1) is 6.77. The van der Waals surface area contributed by atoms with Crippen LogP contribution in [0.2, 0.25) is 0 Å². The highest BCUT2D eigenvalue weighted by Crippen LogP contribution is 2.21. The summed E-state index contributed by atoms with van der Waals surface area (Å²) in [7, 11) is 0. The van der Waals surface area contributed by atoms with Crippen molar-refractivity contribution in [3.63, 3.8) is 0 Å². The first kappa shape index (κ1) is 9.43. The number of hydrogen-bond donors (Lipinski definition) is 1. The van der Waals surface area contributed by atoms with Crippen LogP contribution < -0.4 is 5.73 Å². The molecule has 0 aliphatic rings. The molecule has 0 saturated carbocycles. The second-order valence-electron chi connectivity index (χ2n) is 2.93. The number of hydrogen-bond acceptors (Lipinski definition) is 3. The molecule has 2 rings (SSSR count). The zero-order valence-corrected chi connectivity index (χ0v) is 8.94. The van der Waals surface area contributed by atoms with E-state index in [4.69, 9.17) is 10.2 Å². The van der Waals surface area contributed by atoms with Crippen LogP contribution in [-0.2, 0) is 0 Å². The number of furan rings is 1. The van der Waals surface area contributed by atoms with Crippen molar-refractivity contribution in [1.29, 1.82) is 0 Å². The summed E-state index contributed by atoms with van der Waals surface area (Å²) in [6.45, 7) is 0. The van der Waals surface area contributed by atoms with E-state index in [2.05, 4.69) is 20.9 Å². The monoisotopic (exact) mass is 252 g/mol. The largest absolute Gasteiger partial charge is 0.467 e. The van der Waals surface area contributed by atoms with Crippen LogP contribution in [0.3, 0.4) is 0 Å². The van der Waals surface area contributed by atoms with Gasteiger partial charge in [-0.05, 0) is 39.7 Å². The summed E-state index contributed by atoms with van der Waals surface area (Å²) >= 11 is 3.35. The van der Waals surface area contributed by atoms with Crippen LogP contribution in [0.1, 0.15) is 17.4 Å². The summed E-state index contributed by atoms with van der Waals surface area (Å²) in [6.07, 6.45) is 5.07. The number of rotatable bonds is 2. The highest BCUT2D eigenvalue weighted by atomic mass is 79.9. The lowest BCUT2D eigenvalue weighted by molar-refractivity contribution is 0.489. The van der Waals surface area contributed by atoms with Crippen molar-refractivity contribution in [2.45, 2.75) is 6.04 Å². The molecule has 0 fully saturated rings.